The van der Waals surface area contributed by atoms with Crippen LogP contribution in [0.3, 0.4) is 0 Å². The van der Waals surface area contributed by atoms with Crippen LogP contribution >= 0.6 is 0 Å². The molecule has 1 amide bonds. The molecule has 1 aromatic heterocycles. The van der Waals surface area contributed by atoms with Crippen LogP contribution in [0.2, 0.25) is 0 Å². The zero-order valence-corrected chi connectivity index (χ0v) is 13.9. The molecule has 0 bridgehead atoms. The smallest absolute Gasteiger partial charge is 0.249 e. The van der Waals surface area contributed by atoms with Gasteiger partial charge in [-0.25, -0.2) is 4.98 Å². The Kier molecular flexibility index (Phi) is 3.88. The molecular weight excluding hydrogens is 290 g/mol. The molecule has 5 heteroatoms. The minimum absolute atomic E-state index is 0.0514. The van der Waals surface area contributed by atoms with E-state index in [4.69, 9.17) is 10.2 Å². The predicted molar refractivity (Wildman–Crippen MR) is 89.5 cm³/mol. The number of aromatic nitrogens is 1. The van der Waals surface area contributed by atoms with Gasteiger partial charge in [-0.1, -0.05) is 26.8 Å². The largest absolute Gasteiger partial charge is 0.443 e. The van der Waals surface area contributed by atoms with Crippen LogP contribution in [0.4, 0.5) is 5.69 Å². The number of fused-ring (bicyclic) bond motifs is 1. The zero-order valence-electron chi connectivity index (χ0n) is 13.9. The SMILES string of the molecule is CC(C)(C)c1cnc(CN2CCCc3c(C(N)=O)cccc32)o1. The Bertz CT molecular complexity index is 728. The Balaban J connectivity index is 1.88. The maximum absolute atomic E-state index is 11.6. The summed E-state index contributed by atoms with van der Waals surface area (Å²) >= 11 is 0. The Morgan fingerprint density at radius 3 is 2.83 bits per heavy atom. The lowest BCUT2D eigenvalue weighted by atomic mass is 9.94. The van der Waals surface area contributed by atoms with Crippen LogP contribution in [0.15, 0.2) is 28.8 Å². The number of nitrogens with two attached hydrogens (primary N) is 1. The molecule has 5 nitrogen and oxygen atoms in total. The average Bonchev–Trinajstić information content (AvgIpc) is 2.95. The summed E-state index contributed by atoms with van der Waals surface area (Å²) in [6.07, 6.45) is 3.67. The molecule has 0 unspecified atom stereocenters. The first-order chi connectivity index (χ1) is 10.9. The van der Waals surface area contributed by atoms with E-state index in [1.165, 1.54) is 0 Å². The molecular formula is C18H23N3O2. The number of hydrogen-bond donors (Lipinski definition) is 1. The van der Waals surface area contributed by atoms with Gasteiger partial charge in [0, 0.05) is 23.2 Å². The van der Waals surface area contributed by atoms with Crippen LogP contribution in [-0.4, -0.2) is 17.4 Å². The number of rotatable bonds is 3. The number of amides is 1. The summed E-state index contributed by atoms with van der Waals surface area (Å²) in [6, 6.07) is 5.72. The number of carbonyl (C=O) groups is 1. The van der Waals surface area contributed by atoms with E-state index in [0.717, 1.165) is 36.4 Å². The Hall–Kier alpha value is -2.30. The molecule has 0 fully saturated rings. The third-order valence-electron chi connectivity index (χ3n) is 4.23. The highest BCUT2D eigenvalue weighted by atomic mass is 16.4. The monoisotopic (exact) mass is 313 g/mol. The third kappa shape index (κ3) is 3.09. The van der Waals surface area contributed by atoms with Crippen molar-refractivity contribution in [3.8, 4) is 0 Å². The summed E-state index contributed by atoms with van der Waals surface area (Å²) in [5, 5.41) is 0. The molecule has 0 radical (unpaired) electrons. The molecule has 122 valence electrons. The van der Waals surface area contributed by atoms with Crippen molar-refractivity contribution in [3.05, 3.63) is 47.2 Å². The maximum atomic E-state index is 11.6. The van der Waals surface area contributed by atoms with E-state index >= 15 is 0 Å². The van der Waals surface area contributed by atoms with Crippen LogP contribution in [0.25, 0.3) is 0 Å². The van der Waals surface area contributed by atoms with E-state index < -0.39 is 0 Å². The fourth-order valence-corrected chi connectivity index (χ4v) is 2.99. The van der Waals surface area contributed by atoms with Crippen molar-refractivity contribution >= 4 is 11.6 Å². The van der Waals surface area contributed by atoms with E-state index in [0.29, 0.717) is 18.0 Å². The average molecular weight is 313 g/mol. The highest BCUT2D eigenvalue weighted by Gasteiger charge is 2.24. The summed E-state index contributed by atoms with van der Waals surface area (Å²) in [7, 11) is 0. The fraction of sp³-hybridized carbons (Fsp3) is 0.444. The second-order valence-corrected chi connectivity index (χ2v) is 7.06. The van der Waals surface area contributed by atoms with Gasteiger partial charge >= 0.3 is 0 Å². The molecule has 2 N–H and O–H groups in total. The number of benzene rings is 1. The molecule has 0 saturated heterocycles. The first kappa shape index (κ1) is 15.6. The van der Waals surface area contributed by atoms with Crippen molar-refractivity contribution in [2.75, 3.05) is 11.4 Å². The second kappa shape index (κ2) is 5.72. The molecule has 2 aromatic rings. The topological polar surface area (TPSA) is 72.4 Å². The van der Waals surface area contributed by atoms with Gasteiger partial charge in [-0.2, -0.15) is 0 Å². The maximum Gasteiger partial charge on any atom is 0.249 e. The number of hydrogen-bond acceptors (Lipinski definition) is 4. The molecule has 1 aliphatic rings. The van der Waals surface area contributed by atoms with Gasteiger partial charge in [0.15, 0.2) is 0 Å². The molecule has 1 aromatic carbocycles. The Labute approximate surface area is 136 Å². The zero-order chi connectivity index (χ0) is 16.6. The van der Waals surface area contributed by atoms with Crippen LogP contribution in [0, 0.1) is 0 Å². The number of carbonyl (C=O) groups excluding carboxylic acids is 1. The van der Waals surface area contributed by atoms with Gasteiger partial charge in [-0.15, -0.1) is 0 Å². The third-order valence-corrected chi connectivity index (χ3v) is 4.23. The quantitative estimate of drug-likeness (QED) is 0.945. The molecule has 3 rings (SSSR count). The minimum atomic E-state index is -0.366. The first-order valence-electron chi connectivity index (χ1n) is 7.98. The van der Waals surface area contributed by atoms with Crippen LogP contribution in [0.1, 0.15) is 54.8 Å². The predicted octanol–water partition coefficient (Wildman–Crippen LogP) is 3.02. The normalized spacial score (nSPS) is 14.7. The van der Waals surface area contributed by atoms with Gasteiger partial charge in [0.05, 0.1) is 12.7 Å². The van der Waals surface area contributed by atoms with Crippen molar-refractivity contribution in [2.45, 2.75) is 45.6 Å². The number of anilines is 1. The number of primary amides is 1. The second-order valence-electron chi connectivity index (χ2n) is 7.06. The van der Waals surface area contributed by atoms with Gasteiger partial charge < -0.3 is 15.1 Å². The van der Waals surface area contributed by atoms with E-state index in [1.807, 2.05) is 12.1 Å². The highest BCUT2D eigenvalue weighted by molar-refractivity contribution is 5.96. The van der Waals surface area contributed by atoms with Crippen molar-refractivity contribution in [3.63, 3.8) is 0 Å². The molecule has 23 heavy (non-hydrogen) atoms. The van der Waals surface area contributed by atoms with Crippen molar-refractivity contribution < 1.29 is 9.21 Å². The van der Waals surface area contributed by atoms with E-state index in [9.17, 15) is 4.79 Å². The Morgan fingerprint density at radius 2 is 2.17 bits per heavy atom. The lowest BCUT2D eigenvalue weighted by Gasteiger charge is -2.31. The van der Waals surface area contributed by atoms with Crippen LogP contribution in [-0.2, 0) is 18.4 Å². The summed E-state index contributed by atoms with van der Waals surface area (Å²) in [6.45, 7) is 7.83. The van der Waals surface area contributed by atoms with Gasteiger partial charge in [-0.05, 0) is 30.5 Å². The molecule has 0 atom stereocenters. The number of nitrogens with zero attached hydrogens (tertiary/aromatic N) is 2. The van der Waals surface area contributed by atoms with Gasteiger partial charge in [-0.3, -0.25) is 4.79 Å². The van der Waals surface area contributed by atoms with Gasteiger partial charge in [0.25, 0.3) is 0 Å². The van der Waals surface area contributed by atoms with Gasteiger partial charge in [0.1, 0.15) is 5.76 Å². The molecule has 0 aliphatic carbocycles. The molecule has 0 spiro atoms. The van der Waals surface area contributed by atoms with Crippen molar-refractivity contribution in [2.24, 2.45) is 5.73 Å². The lowest BCUT2D eigenvalue weighted by molar-refractivity contribution is 0.0999. The first-order valence-corrected chi connectivity index (χ1v) is 7.98. The van der Waals surface area contributed by atoms with E-state index in [1.54, 1.807) is 12.3 Å². The summed E-state index contributed by atoms with van der Waals surface area (Å²) in [4.78, 5) is 18.2. The van der Waals surface area contributed by atoms with Crippen LogP contribution < -0.4 is 10.6 Å². The van der Waals surface area contributed by atoms with Gasteiger partial charge in [0.2, 0.25) is 11.8 Å². The minimum Gasteiger partial charge on any atom is -0.443 e. The lowest BCUT2D eigenvalue weighted by Crippen LogP contribution is -2.30. The fourth-order valence-electron chi connectivity index (χ4n) is 2.99. The summed E-state index contributed by atoms with van der Waals surface area (Å²) < 4.78 is 5.90. The van der Waals surface area contributed by atoms with Crippen molar-refractivity contribution in [1.29, 1.82) is 0 Å². The van der Waals surface area contributed by atoms with E-state index in [2.05, 4.69) is 30.7 Å². The molecule has 0 saturated carbocycles. The highest BCUT2D eigenvalue weighted by Crippen LogP contribution is 2.31. The molecule has 1 aliphatic heterocycles. The Morgan fingerprint density at radius 1 is 1.39 bits per heavy atom. The summed E-state index contributed by atoms with van der Waals surface area (Å²) in [5.74, 6) is 1.22. The standard InChI is InChI=1S/C18H23N3O2/c1-18(2,3)15-10-20-16(23-15)11-21-9-5-7-12-13(17(19)22)6-4-8-14(12)21/h4,6,8,10H,5,7,9,11H2,1-3H3,(H2,19,22). The van der Waals surface area contributed by atoms with E-state index in [-0.39, 0.29) is 11.3 Å². The van der Waals surface area contributed by atoms with Crippen molar-refractivity contribution in [1.82, 2.24) is 4.98 Å². The summed E-state index contributed by atoms with van der Waals surface area (Å²) in [5.41, 5.74) is 8.16. The van der Waals surface area contributed by atoms with Crippen LogP contribution in [0.5, 0.6) is 0 Å². The number of oxazole rings is 1. The molecule has 2 heterocycles.